The first-order valence-electron chi connectivity index (χ1n) is 8.59. The summed E-state index contributed by atoms with van der Waals surface area (Å²) in [6, 6.07) is 0. The molecule has 1 aliphatic rings. The average Bonchev–Trinajstić information content (AvgIpc) is 2.41. The molecule has 7 nitrogen and oxygen atoms in total. The van der Waals surface area contributed by atoms with Gasteiger partial charge >= 0.3 is 12.1 Å². The van der Waals surface area contributed by atoms with Gasteiger partial charge < -0.3 is 20.1 Å². The van der Waals surface area contributed by atoms with E-state index in [0.717, 1.165) is 5.57 Å². The van der Waals surface area contributed by atoms with Crippen molar-refractivity contribution in [3.8, 4) is 0 Å². The zero-order valence-corrected chi connectivity index (χ0v) is 17.0. The Morgan fingerprint density at radius 2 is 1.65 bits per heavy atom. The molecule has 0 aliphatic carbocycles. The third-order valence-corrected chi connectivity index (χ3v) is 3.05. The molecule has 0 aromatic rings. The molecular weight excluding hydrogens is 336 g/mol. The van der Waals surface area contributed by atoms with Crippen LogP contribution in [0.25, 0.3) is 0 Å². The first kappa shape index (κ1) is 23.7. The molecule has 0 atom stereocenters. The first-order chi connectivity index (χ1) is 11.7. The zero-order valence-electron chi connectivity index (χ0n) is 17.0. The lowest BCUT2D eigenvalue weighted by Crippen LogP contribution is -2.46. The van der Waals surface area contributed by atoms with Crippen LogP contribution in [-0.2, 0) is 19.1 Å². The maximum absolute atomic E-state index is 12.2. The number of likely N-dealkylation sites (tertiary alicyclic amines) is 1. The monoisotopic (exact) mass is 368 g/mol. The molecule has 2 N–H and O–H groups in total. The second kappa shape index (κ2) is 9.40. The number of primary amides is 1. The summed E-state index contributed by atoms with van der Waals surface area (Å²) in [5.41, 5.74) is 4.79. The molecule has 0 saturated carbocycles. The maximum Gasteiger partial charge on any atom is 0.405 e. The Bertz CT molecular complexity index is 580. The molecular formula is C19H32N2O5. The highest BCUT2D eigenvalue weighted by Gasteiger charge is 2.34. The Morgan fingerprint density at radius 3 is 1.85 bits per heavy atom. The number of carbonyl (C=O) groups is 3. The number of ether oxygens (including phenoxy) is 2. The smallest absolute Gasteiger partial charge is 0.405 e. The average molecular weight is 368 g/mol. The van der Waals surface area contributed by atoms with Crippen LogP contribution < -0.4 is 5.73 Å². The van der Waals surface area contributed by atoms with Gasteiger partial charge in [-0.3, -0.25) is 4.79 Å². The molecule has 2 amide bonds. The summed E-state index contributed by atoms with van der Waals surface area (Å²) in [4.78, 5) is 35.2. The number of nitrogens with zero attached hydrogens (tertiary/aromatic N) is 1. The number of carbonyl (C=O) groups excluding carboxylic acids is 3. The van der Waals surface area contributed by atoms with Crippen LogP contribution in [-0.4, -0.2) is 40.6 Å². The van der Waals surface area contributed by atoms with Crippen LogP contribution >= 0.6 is 0 Å². The lowest BCUT2D eigenvalue weighted by molar-refractivity contribution is -0.156. The molecule has 1 saturated heterocycles. The molecule has 0 aromatic heterocycles. The van der Waals surface area contributed by atoms with Gasteiger partial charge in [0, 0.05) is 13.0 Å². The minimum absolute atomic E-state index is 0.0383. The molecule has 1 fully saturated rings. The summed E-state index contributed by atoms with van der Waals surface area (Å²) < 4.78 is 9.93. The fourth-order valence-electron chi connectivity index (χ4n) is 2.00. The van der Waals surface area contributed by atoms with Gasteiger partial charge in [-0.15, -0.1) is 0 Å². The van der Waals surface area contributed by atoms with Gasteiger partial charge in [0.1, 0.15) is 16.9 Å². The van der Waals surface area contributed by atoms with E-state index >= 15 is 0 Å². The summed E-state index contributed by atoms with van der Waals surface area (Å²) in [6.07, 6.45) is 2.02. The van der Waals surface area contributed by atoms with Crippen molar-refractivity contribution in [2.45, 2.75) is 72.5 Å². The van der Waals surface area contributed by atoms with E-state index in [1.807, 2.05) is 6.92 Å². The molecule has 7 heteroatoms. The standard InChI is InChI=1S/C14H21NO3.C5H11NO2/c1-6-10(7-2)12(15-9-8-11(15)16)13(17)18-14(3,4)5;1-5(2,3)8-4(6)7/h6H,1,7-9H2,2-5H3;1-3H3,(H2,6,7)/b12-10-;. The number of hydrogen-bond acceptors (Lipinski definition) is 5. The first-order valence-corrected chi connectivity index (χ1v) is 8.59. The van der Waals surface area contributed by atoms with Crippen molar-refractivity contribution in [3.63, 3.8) is 0 Å². The second-order valence-electron chi connectivity index (χ2n) is 7.76. The Balaban J connectivity index is 0.000000660. The van der Waals surface area contributed by atoms with Crippen molar-refractivity contribution >= 4 is 18.0 Å². The summed E-state index contributed by atoms with van der Waals surface area (Å²) in [6.45, 7) is 16.9. The summed E-state index contributed by atoms with van der Waals surface area (Å²) in [5.74, 6) is -0.490. The van der Waals surface area contributed by atoms with Crippen molar-refractivity contribution in [2.24, 2.45) is 5.73 Å². The minimum atomic E-state index is -0.725. The zero-order chi connectivity index (χ0) is 20.7. The molecule has 1 aliphatic heterocycles. The van der Waals surface area contributed by atoms with Gasteiger partial charge in [-0.05, 0) is 53.5 Å². The van der Waals surface area contributed by atoms with Crippen molar-refractivity contribution in [1.82, 2.24) is 4.90 Å². The lowest BCUT2D eigenvalue weighted by Gasteiger charge is -2.34. The van der Waals surface area contributed by atoms with E-state index in [1.54, 1.807) is 47.6 Å². The second-order valence-corrected chi connectivity index (χ2v) is 7.76. The van der Waals surface area contributed by atoms with Gasteiger partial charge in [-0.1, -0.05) is 19.6 Å². The molecule has 1 rings (SSSR count). The van der Waals surface area contributed by atoms with Crippen LogP contribution in [0.2, 0.25) is 0 Å². The molecule has 0 unspecified atom stereocenters. The van der Waals surface area contributed by atoms with E-state index in [9.17, 15) is 14.4 Å². The van der Waals surface area contributed by atoms with Crippen LogP contribution in [0.3, 0.4) is 0 Å². The van der Waals surface area contributed by atoms with Crippen LogP contribution in [0.4, 0.5) is 4.79 Å². The molecule has 26 heavy (non-hydrogen) atoms. The predicted octanol–water partition coefficient (Wildman–Crippen LogP) is 3.29. The van der Waals surface area contributed by atoms with Gasteiger partial charge in [0.05, 0.1) is 0 Å². The molecule has 148 valence electrons. The number of esters is 1. The van der Waals surface area contributed by atoms with E-state index in [2.05, 4.69) is 11.3 Å². The predicted molar refractivity (Wildman–Crippen MR) is 100 cm³/mol. The quantitative estimate of drug-likeness (QED) is 0.355. The lowest BCUT2D eigenvalue weighted by atomic mass is 10.1. The van der Waals surface area contributed by atoms with Gasteiger partial charge in [-0.25, -0.2) is 9.59 Å². The molecule has 0 spiro atoms. The molecule has 0 radical (unpaired) electrons. The van der Waals surface area contributed by atoms with E-state index in [4.69, 9.17) is 10.5 Å². The summed E-state index contributed by atoms with van der Waals surface area (Å²) in [7, 11) is 0. The minimum Gasteiger partial charge on any atom is -0.455 e. The molecule has 0 aromatic carbocycles. The van der Waals surface area contributed by atoms with Crippen molar-refractivity contribution in [1.29, 1.82) is 0 Å². The third-order valence-electron chi connectivity index (χ3n) is 3.05. The Labute approximate surface area is 156 Å². The number of nitrogens with two attached hydrogens (primary N) is 1. The van der Waals surface area contributed by atoms with E-state index in [-0.39, 0.29) is 5.91 Å². The van der Waals surface area contributed by atoms with E-state index < -0.39 is 23.3 Å². The van der Waals surface area contributed by atoms with Gasteiger partial charge in [0.15, 0.2) is 0 Å². The van der Waals surface area contributed by atoms with E-state index in [0.29, 0.717) is 25.1 Å². The topological polar surface area (TPSA) is 98.9 Å². The molecule has 0 bridgehead atoms. The van der Waals surface area contributed by atoms with Crippen molar-refractivity contribution in [3.05, 3.63) is 23.9 Å². The van der Waals surface area contributed by atoms with Crippen LogP contribution in [0, 0.1) is 0 Å². The Kier molecular flexibility index (Phi) is 8.57. The fraction of sp³-hybridized carbons (Fsp3) is 0.632. The highest BCUT2D eigenvalue weighted by Crippen LogP contribution is 2.25. The summed E-state index contributed by atoms with van der Waals surface area (Å²) >= 11 is 0. The highest BCUT2D eigenvalue weighted by atomic mass is 16.6. The molecule has 1 heterocycles. The van der Waals surface area contributed by atoms with Crippen LogP contribution in [0.1, 0.15) is 61.3 Å². The largest absolute Gasteiger partial charge is 0.455 e. The highest BCUT2D eigenvalue weighted by molar-refractivity contribution is 5.97. The van der Waals surface area contributed by atoms with Crippen molar-refractivity contribution in [2.75, 3.05) is 6.54 Å². The number of hydrogen-bond donors (Lipinski definition) is 1. The number of amides is 2. The van der Waals surface area contributed by atoms with Crippen LogP contribution in [0.5, 0.6) is 0 Å². The van der Waals surface area contributed by atoms with Gasteiger partial charge in [0.25, 0.3) is 0 Å². The number of rotatable bonds is 4. The summed E-state index contributed by atoms with van der Waals surface area (Å²) in [5, 5.41) is 0. The van der Waals surface area contributed by atoms with E-state index in [1.165, 1.54) is 4.90 Å². The van der Waals surface area contributed by atoms with Crippen molar-refractivity contribution < 1.29 is 23.9 Å². The maximum atomic E-state index is 12.2. The number of allylic oxidation sites excluding steroid dienone is 2. The Hall–Kier alpha value is -2.31. The normalized spacial score (nSPS) is 15.0. The van der Waals surface area contributed by atoms with Gasteiger partial charge in [-0.2, -0.15) is 0 Å². The Morgan fingerprint density at radius 1 is 1.15 bits per heavy atom. The number of β-lactam (4-membered cyclic amide) rings is 1. The third kappa shape index (κ3) is 8.69. The fourth-order valence-corrected chi connectivity index (χ4v) is 2.00. The SMILES string of the molecule is C=C/C(CC)=C(\C(=O)OC(C)(C)C)N1CCC1=O.CC(C)(C)OC(N)=O. The van der Waals surface area contributed by atoms with Gasteiger partial charge in [0.2, 0.25) is 5.91 Å². The van der Waals surface area contributed by atoms with Crippen LogP contribution in [0.15, 0.2) is 23.9 Å².